The highest BCUT2D eigenvalue weighted by atomic mass is 16.5. The summed E-state index contributed by atoms with van der Waals surface area (Å²) in [4.78, 5) is 16.9. The number of aromatic nitrogens is 4. The second-order valence-corrected chi connectivity index (χ2v) is 8.48. The molecule has 1 unspecified atom stereocenters. The third kappa shape index (κ3) is 3.85. The van der Waals surface area contributed by atoms with Gasteiger partial charge in [-0.05, 0) is 68.4 Å². The summed E-state index contributed by atoms with van der Waals surface area (Å²) in [6, 6.07) is 8.13. The first-order valence-electron chi connectivity index (χ1n) is 10.4. The van der Waals surface area contributed by atoms with Crippen LogP contribution in [-0.2, 0) is 10.3 Å². The number of carbonyl (C=O) groups excluding carboxylic acids is 1. The molecule has 0 N–H and O–H groups in total. The normalized spacial score (nSPS) is 22.6. The molecule has 8 heteroatoms. The fourth-order valence-corrected chi connectivity index (χ4v) is 4.59. The third-order valence-corrected chi connectivity index (χ3v) is 6.39. The van der Waals surface area contributed by atoms with Gasteiger partial charge in [0.25, 0.3) is 5.91 Å². The lowest BCUT2D eigenvalue weighted by atomic mass is 9.95. The summed E-state index contributed by atoms with van der Waals surface area (Å²) >= 11 is 0. The predicted octanol–water partition coefficient (Wildman–Crippen LogP) is 2.16. The Bertz CT molecular complexity index is 860. The van der Waals surface area contributed by atoms with E-state index in [9.17, 15) is 4.79 Å². The smallest absolute Gasteiger partial charge is 0.260 e. The van der Waals surface area contributed by atoms with Gasteiger partial charge in [-0.2, -0.15) is 0 Å². The largest absolute Gasteiger partial charge is 0.484 e. The molecule has 0 spiro atoms. The first-order chi connectivity index (χ1) is 14.0. The molecule has 2 heterocycles. The third-order valence-electron chi connectivity index (χ3n) is 6.39. The van der Waals surface area contributed by atoms with Crippen molar-refractivity contribution < 1.29 is 9.53 Å². The average Bonchev–Trinajstić information content (AvgIpc) is 3.46. The van der Waals surface area contributed by atoms with E-state index in [-0.39, 0.29) is 18.1 Å². The van der Waals surface area contributed by atoms with Crippen LogP contribution in [0.4, 0.5) is 0 Å². The van der Waals surface area contributed by atoms with Crippen LogP contribution >= 0.6 is 0 Å². The average molecular weight is 399 g/mol. The van der Waals surface area contributed by atoms with Crippen LogP contribution in [0.5, 0.6) is 5.75 Å². The zero-order valence-electron chi connectivity index (χ0n) is 17.5. The summed E-state index contributed by atoms with van der Waals surface area (Å²) in [5.41, 5.74) is 0.743. The molecular weight excluding hydrogens is 368 g/mol. The Kier molecular flexibility index (Phi) is 5.54. The summed E-state index contributed by atoms with van der Waals surface area (Å²) in [5, 5.41) is 12.8. The van der Waals surface area contributed by atoms with E-state index in [0.717, 1.165) is 36.4 Å². The van der Waals surface area contributed by atoms with Gasteiger partial charge in [-0.3, -0.25) is 9.69 Å². The number of carbonyl (C=O) groups is 1. The molecule has 1 amide bonds. The number of likely N-dealkylation sites (tertiary alicyclic amines) is 1. The van der Waals surface area contributed by atoms with E-state index < -0.39 is 0 Å². The van der Waals surface area contributed by atoms with Gasteiger partial charge in [-0.15, -0.1) is 5.10 Å². The molecule has 1 aromatic heterocycles. The van der Waals surface area contributed by atoms with Crippen molar-refractivity contribution in [1.82, 2.24) is 30.0 Å². The van der Waals surface area contributed by atoms with Gasteiger partial charge in [0, 0.05) is 13.1 Å². The van der Waals surface area contributed by atoms with E-state index in [1.165, 1.54) is 12.8 Å². The van der Waals surface area contributed by atoms with Crippen molar-refractivity contribution in [3.8, 4) is 5.75 Å². The maximum Gasteiger partial charge on any atom is 0.260 e. The van der Waals surface area contributed by atoms with E-state index in [4.69, 9.17) is 4.74 Å². The van der Waals surface area contributed by atoms with Gasteiger partial charge in [0.15, 0.2) is 12.4 Å². The molecule has 0 radical (unpaired) electrons. The highest BCUT2D eigenvalue weighted by Crippen LogP contribution is 2.38. The van der Waals surface area contributed by atoms with Crippen molar-refractivity contribution in [2.75, 3.05) is 33.8 Å². The van der Waals surface area contributed by atoms with Gasteiger partial charge < -0.3 is 9.64 Å². The molecular formula is C21H30N6O2. The number of tetrazole rings is 1. The summed E-state index contributed by atoms with van der Waals surface area (Å²) in [5.74, 6) is 1.60. The molecule has 1 saturated carbocycles. The maximum atomic E-state index is 12.8. The van der Waals surface area contributed by atoms with Gasteiger partial charge in [0.05, 0.1) is 6.04 Å². The van der Waals surface area contributed by atoms with Gasteiger partial charge in [-0.25, -0.2) is 4.68 Å². The lowest BCUT2D eigenvalue weighted by Crippen LogP contribution is -2.47. The number of likely N-dealkylation sites (N-methyl/N-ethyl adjacent to an activating group) is 1. The number of ether oxygens (including phenoxy) is 1. The van der Waals surface area contributed by atoms with Crippen LogP contribution < -0.4 is 4.74 Å². The van der Waals surface area contributed by atoms with Gasteiger partial charge >= 0.3 is 0 Å². The summed E-state index contributed by atoms with van der Waals surface area (Å²) in [6.07, 6.45) is 5.49. The Morgan fingerprint density at radius 3 is 2.83 bits per heavy atom. The standard InChI is InChI=1S/C21H30N6O2/c1-16-7-6-10-18(13-16)29-14-19(28)26-12-11-21(15-26,25(2)3)20-22-23-24-27(20)17-8-4-5-9-17/h6-7,10,13,17H,4-5,8-9,11-12,14-15H2,1-3H3. The molecule has 29 heavy (non-hydrogen) atoms. The Morgan fingerprint density at radius 2 is 2.10 bits per heavy atom. The number of nitrogens with zero attached hydrogens (tertiary/aromatic N) is 6. The highest BCUT2D eigenvalue weighted by molar-refractivity contribution is 5.78. The Balaban J connectivity index is 1.48. The first-order valence-corrected chi connectivity index (χ1v) is 10.4. The van der Waals surface area contributed by atoms with E-state index in [2.05, 4.69) is 20.4 Å². The molecule has 1 atom stereocenters. The number of amides is 1. The summed E-state index contributed by atoms with van der Waals surface area (Å²) < 4.78 is 7.75. The molecule has 2 fully saturated rings. The number of hydrogen-bond donors (Lipinski definition) is 0. The van der Waals surface area contributed by atoms with Crippen LogP contribution in [0.25, 0.3) is 0 Å². The van der Waals surface area contributed by atoms with Crippen molar-refractivity contribution in [3.05, 3.63) is 35.7 Å². The number of aryl methyl sites for hydroxylation is 1. The minimum absolute atomic E-state index is 0.00452. The second kappa shape index (κ2) is 8.10. The van der Waals surface area contributed by atoms with Crippen LogP contribution in [0.3, 0.4) is 0 Å². The number of hydrogen-bond acceptors (Lipinski definition) is 6. The topological polar surface area (TPSA) is 76.4 Å². The quantitative estimate of drug-likeness (QED) is 0.742. The van der Waals surface area contributed by atoms with Crippen LogP contribution in [0.1, 0.15) is 49.5 Å². The lowest BCUT2D eigenvalue weighted by molar-refractivity contribution is -0.132. The van der Waals surface area contributed by atoms with Crippen LogP contribution in [0, 0.1) is 6.92 Å². The van der Waals surface area contributed by atoms with Gasteiger partial charge in [-0.1, -0.05) is 25.0 Å². The molecule has 1 saturated heterocycles. The Hall–Kier alpha value is -2.48. The molecule has 8 nitrogen and oxygen atoms in total. The summed E-state index contributed by atoms with van der Waals surface area (Å²) in [7, 11) is 4.09. The SMILES string of the molecule is Cc1cccc(OCC(=O)N2CCC(c3nnnn3C3CCCC3)(N(C)C)C2)c1. The van der Waals surface area contributed by atoms with Crippen molar-refractivity contribution >= 4 is 5.91 Å². The second-order valence-electron chi connectivity index (χ2n) is 8.48. The monoisotopic (exact) mass is 398 g/mol. The molecule has 2 aromatic rings. The first kappa shape index (κ1) is 19.8. The fraction of sp³-hybridized carbons (Fsp3) is 0.619. The van der Waals surface area contributed by atoms with E-state index in [1.54, 1.807) is 0 Å². The minimum atomic E-state index is -0.370. The zero-order chi connectivity index (χ0) is 20.4. The molecule has 2 aliphatic rings. The summed E-state index contributed by atoms with van der Waals surface area (Å²) in [6.45, 7) is 3.30. The lowest BCUT2D eigenvalue weighted by Gasteiger charge is -2.35. The maximum absolute atomic E-state index is 12.8. The fourth-order valence-electron chi connectivity index (χ4n) is 4.59. The van der Waals surface area contributed by atoms with E-state index in [1.807, 2.05) is 54.9 Å². The molecule has 156 valence electrons. The van der Waals surface area contributed by atoms with Crippen LogP contribution in [0.2, 0.25) is 0 Å². The highest BCUT2D eigenvalue weighted by Gasteiger charge is 2.48. The van der Waals surface area contributed by atoms with E-state index >= 15 is 0 Å². The van der Waals surface area contributed by atoms with Gasteiger partial charge in [0.1, 0.15) is 11.3 Å². The number of benzene rings is 1. The number of rotatable bonds is 6. The van der Waals surface area contributed by atoms with E-state index in [0.29, 0.717) is 19.1 Å². The molecule has 1 aliphatic heterocycles. The van der Waals surface area contributed by atoms with Crippen LogP contribution in [0.15, 0.2) is 24.3 Å². The molecule has 4 rings (SSSR count). The Morgan fingerprint density at radius 1 is 1.31 bits per heavy atom. The van der Waals surface area contributed by atoms with Crippen molar-refractivity contribution in [2.45, 2.75) is 50.6 Å². The van der Waals surface area contributed by atoms with Crippen LogP contribution in [-0.4, -0.2) is 69.7 Å². The minimum Gasteiger partial charge on any atom is -0.484 e. The predicted molar refractivity (Wildman–Crippen MR) is 109 cm³/mol. The Labute approximate surface area is 171 Å². The zero-order valence-corrected chi connectivity index (χ0v) is 17.5. The van der Waals surface area contributed by atoms with Crippen molar-refractivity contribution in [3.63, 3.8) is 0 Å². The van der Waals surface area contributed by atoms with Crippen molar-refractivity contribution in [1.29, 1.82) is 0 Å². The molecule has 1 aromatic carbocycles. The molecule has 0 bridgehead atoms. The van der Waals surface area contributed by atoms with Gasteiger partial charge in [0.2, 0.25) is 0 Å². The van der Waals surface area contributed by atoms with Crippen molar-refractivity contribution in [2.24, 2.45) is 0 Å². The molecule has 1 aliphatic carbocycles.